The smallest absolute Gasteiger partial charge is 0.189 e. The molecule has 2 rings (SSSR count). The van der Waals surface area contributed by atoms with Crippen molar-refractivity contribution in [1.82, 2.24) is 5.32 Å². The molecule has 1 aliphatic heterocycles. The third kappa shape index (κ3) is 4.38. The van der Waals surface area contributed by atoms with E-state index in [9.17, 15) is 4.39 Å². The summed E-state index contributed by atoms with van der Waals surface area (Å²) in [5.41, 5.74) is 6.48. The van der Waals surface area contributed by atoms with E-state index in [1.807, 2.05) is 0 Å². The number of rotatable bonds is 5. The molecule has 0 saturated carbocycles. The standard InChI is InChI=1S/C14H20FN3O2/c1-19-13-6-10(5-11(15)7-13)8-17-14(16)18-9-12-3-2-4-20-12/h5-7,12H,2-4,8-9H2,1H3,(H3,16,17,18). The summed E-state index contributed by atoms with van der Waals surface area (Å²) in [5.74, 6) is 0.463. The summed E-state index contributed by atoms with van der Waals surface area (Å²) >= 11 is 0. The lowest BCUT2D eigenvalue weighted by Gasteiger charge is -2.11. The summed E-state index contributed by atoms with van der Waals surface area (Å²) in [5, 5.41) is 3.02. The predicted octanol–water partition coefficient (Wildman–Crippen LogP) is 1.42. The zero-order chi connectivity index (χ0) is 14.4. The van der Waals surface area contributed by atoms with Crippen molar-refractivity contribution in [3.63, 3.8) is 0 Å². The van der Waals surface area contributed by atoms with Gasteiger partial charge in [0.15, 0.2) is 5.96 Å². The number of hydrogen-bond acceptors (Lipinski definition) is 3. The normalized spacial score (nSPS) is 19.1. The Kier molecular flexibility index (Phi) is 5.17. The van der Waals surface area contributed by atoms with E-state index in [4.69, 9.17) is 15.2 Å². The molecule has 1 unspecified atom stereocenters. The van der Waals surface area contributed by atoms with Gasteiger partial charge in [-0.25, -0.2) is 9.38 Å². The summed E-state index contributed by atoms with van der Waals surface area (Å²) in [6, 6.07) is 4.48. The third-order valence-electron chi connectivity index (χ3n) is 3.13. The van der Waals surface area contributed by atoms with Gasteiger partial charge < -0.3 is 20.5 Å². The number of nitrogens with zero attached hydrogens (tertiary/aromatic N) is 1. The van der Waals surface area contributed by atoms with Crippen LogP contribution in [0.1, 0.15) is 18.4 Å². The van der Waals surface area contributed by atoms with Crippen LogP contribution in [-0.2, 0) is 11.3 Å². The van der Waals surface area contributed by atoms with Crippen molar-refractivity contribution >= 4 is 5.96 Å². The SMILES string of the molecule is COc1cc(F)cc(CN=C(N)NCC2CCCO2)c1. The van der Waals surface area contributed by atoms with Gasteiger partial charge in [0.05, 0.1) is 19.8 Å². The van der Waals surface area contributed by atoms with Crippen molar-refractivity contribution in [3.05, 3.63) is 29.6 Å². The van der Waals surface area contributed by atoms with E-state index in [2.05, 4.69) is 10.3 Å². The first kappa shape index (κ1) is 14.6. The quantitative estimate of drug-likeness (QED) is 0.632. The second kappa shape index (κ2) is 7.09. The molecule has 1 aromatic rings. The number of halogens is 1. The molecule has 110 valence electrons. The topological polar surface area (TPSA) is 68.9 Å². The first-order chi connectivity index (χ1) is 9.67. The van der Waals surface area contributed by atoms with Crippen molar-refractivity contribution in [2.75, 3.05) is 20.3 Å². The molecule has 1 aromatic carbocycles. The zero-order valence-electron chi connectivity index (χ0n) is 11.6. The molecule has 0 amide bonds. The van der Waals surface area contributed by atoms with Gasteiger partial charge in [0.1, 0.15) is 11.6 Å². The second-order valence-corrected chi connectivity index (χ2v) is 4.72. The number of hydrogen-bond donors (Lipinski definition) is 2. The molecule has 1 atom stereocenters. The molecule has 3 N–H and O–H groups in total. The monoisotopic (exact) mass is 281 g/mol. The fourth-order valence-corrected chi connectivity index (χ4v) is 2.09. The van der Waals surface area contributed by atoms with Crippen LogP contribution in [0.15, 0.2) is 23.2 Å². The van der Waals surface area contributed by atoms with Crippen molar-refractivity contribution in [1.29, 1.82) is 0 Å². The van der Waals surface area contributed by atoms with Crippen LogP contribution < -0.4 is 15.8 Å². The molecule has 6 heteroatoms. The first-order valence-electron chi connectivity index (χ1n) is 6.66. The predicted molar refractivity (Wildman–Crippen MR) is 75.3 cm³/mol. The average Bonchev–Trinajstić information content (AvgIpc) is 2.95. The van der Waals surface area contributed by atoms with Gasteiger partial charge in [0.25, 0.3) is 0 Å². The van der Waals surface area contributed by atoms with Crippen LogP contribution >= 0.6 is 0 Å². The van der Waals surface area contributed by atoms with E-state index in [0.29, 0.717) is 30.4 Å². The molecule has 1 fully saturated rings. The Morgan fingerprint density at radius 3 is 3.10 bits per heavy atom. The van der Waals surface area contributed by atoms with Crippen LogP contribution in [0.5, 0.6) is 5.75 Å². The van der Waals surface area contributed by atoms with Crippen LogP contribution in [-0.4, -0.2) is 32.3 Å². The Hall–Kier alpha value is -1.82. The van der Waals surface area contributed by atoms with Crippen molar-refractivity contribution in [2.45, 2.75) is 25.5 Å². The van der Waals surface area contributed by atoms with E-state index in [1.165, 1.54) is 19.2 Å². The molecule has 0 radical (unpaired) electrons. The lowest BCUT2D eigenvalue weighted by atomic mass is 10.2. The number of methoxy groups -OCH3 is 1. The number of guanidine groups is 1. The van der Waals surface area contributed by atoms with Crippen LogP contribution in [0.3, 0.4) is 0 Å². The van der Waals surface area contributed by atoms with E-state index >= 15 is 0 Å². The maximum Gasteiger partial charge on any atom is 0.189 e. The number of benzene rings is 1. The van der Waals surface area contributed by atoms with Gasteiger partial charge in [-0.2, -0.15) is 0 Å². The molecule has 1 aliphatic rings. The number of nitrogens with one attached hydrogen (secondary N) is 1. The van der Waals surface area contributed by atoms with Gasteiger partial charge in [-0.3, -0.25) is 0 Å². The lowest BCUT2D eigenvalue weighted by Crippen LogP contribution is -2.37. The number of nitrogens with two attached hydrogens (primary N) is 1. The summed E-state index contributed by atoms with van der Waals surface area (Å²) < 4.78 is 23.8. The van der Waals surface area contributed by atoms with Crippen molar-refractivity contribution in [3.8, 4) is 5.75 Å². The fourth-order valence-electron chi connectivity index (χ4n) is 2.09. The van der Waals surface area contributed by atoms with Gasteiger partial charge in [-0.1, -0.05) is 0 Å². The maximum absolute atomic E-state index is 13.3. The maximum atomic E-state index is 13.3. The highest BCUT2D eigenvalue weighted by Gasteiger charge is 2.14. The van der Waals surface area contributed by atoms with Crippen molar-refractivity contribution in [2.24, 2.45) is 10.7 Å². The Labute approximate surface area is 118 Å². The Morgan fingerprint density at radius 2 is 2.40 bits per heavy atom. The van der Waals surface area contributed by atoms with Gasteiger partial charge >= 0.3 is 0 Å². The highest BCUT2D eigenvalue weighted by Crippen LogP contribution is 2.16. The van der Waals surface area contributed by atoms with E-state index in [-0.39, 0.29) is 11.9 Å². The van der Waals surface area contributed by atoms with Crippen LogP contribution in [0.25, 0.3) is 0 Å². The molecule has 1 saturated heterocycles. The van der Waals surface area contributed by atoms with Gasteiger partial charge in [0, 0.05) is 19.2 Å². The summed E-state index contributed by atoms with van der Waals surface area (Å²) in [6.07, 6.45) is 2.34. The third-order valence-corrected chi connectivity index (χ3v) is 3.13. The summed E-state index contributed by atoms with van der Waals surface area (Å²) in [7, 11) is 1.50. The summed E-state index contributed by atoms with van der Waals surface area (Å²) in [6.45, 7) is 1.77. The molecular weight excluding hydrogens is 261 g/mol. The van der Waals surface area contributed by atoms with Gasteiger partial charge in [0.2, 0.25) is 0 Å². The molecule has 0 spiro atoms. The largest absolute Gasteiger partial charge is 0.497 e. The van der Waals surface area contributed by atoms with E-state index in [0.717, 1.165) is 19.4 Å². The molecule has 20 heavy (non-hydrogen) atoms. The number of aliphatic imine (C=N–C) groups is 1. The van der Waals surface area contributed by atoms with E-state index < -0.39 is 0 Å². The lowest BCUT2D eigenvalue weighted by molar-refractivity contribution is 0.114. The average molecular weight is 281 g/mol. The van der Waals surface area contributed by atoms with Crippen LogP contribution in [0, 0.1) is 5.82 Å². The Morgan fingerprint density at radius 1 is 1.55 bits per heavy atom. The minimum absolute atomic E-state index is 0.206. The first-order valence-corrected chi connectivity index (χ1v) is 6.66. The fraction of sp³-hybridized carbons (Fsp3) is 0.500. The Bertz CT molecular complexity index is 473. The van der Waals surface area contributed by atoms with Crippen LogP contribution in [0.2, 0.25) is 0 Å². The highest BCUT2D eigenvalue weighted by molar-refractivity contribution is 5.77. The Balaban J connectivity index is 1.85. The van der Waals surface area contributed by atoms with Crippen molar-refractivity contribution < 1.29 is 13.9 Å². The molecule has 5 nitrogen and oxygen atoms in total. The van der Waals surface area contributed by atoms with Gasteiger partial charge in [-0.05, 0) is 30.5 Å². The number of ether oxygens (including phenoxy) is 2. The minimum atomic E-state index is -0.347. The molecule has 0 bridgehead atoms. The molecule has 1 heterocycles. The summed E-state index contributed by atoms with van der Waals surface area (Å²) in [4.78, 5) is 4.18. The zero-order valence-corrected chi connectivity index (χ0v) is 11.6. The highest BCUT2D eigenvalue weighted by atomic mass is 19.1. The second-order valence-electron chi connectivity index (χ2n) is 4.72. The minimum Gasteiger partial charge on any atom is -0.497 e. The van der Waals surface area contributed by atoms with Crippen LogP contribution in [0.4, 0.5) is 4.39 Å². The van der Waals surface area contributed by atoms with E-state index in [1.54, 1.807) is 6.07 Å². The molecule has 0 aliphatic carbocycles. The van der Waals surface area contributed by atoms with Gasteiger partial charge in [-0.15, -0.1) is 0 Å². The molecular formula is C14H20FN3O2. The molecule has 0 aromatic heterocycles.